The van der Waals surface area contributed by atoms with Crippen LogP contribution in [0.25, 0.3) is 0 Å². The van der Waals surface area contributed by atoms with Crippen LogP contribution in [0.4, 0.5) is 0 Å². The van der Waals surface area contributed by atoms with Gasteiger partial charge in [-0.3, -0.25) is 0 Å². The zero-order valence-electron chi connectivity index (χ0n) is 11.8. The molecule has 0 saturated heterocycles. The van der Waals surface area contributed by atoms with Crippen LogP contribution in [0.2, 0.25) is 0 Å². The molecule has 21 heavy (non-hydrogen) atoms. The maximum atomic E-state index is 11.5. The number of carbonyl (C=O) groups is 2. The van der Waals surface area contributed by atoms with E-state index in [1.165, 1.54) is 14.2 Å². The highest BCUT2D eigenvalue weighted by Crippen LogP contribution is 2.51. The number of hydrogen-bond acceptors (Lipinski definition) is 8. The molecule has 8 heteroatoms. The van der Waals surface area contributed by atoms with Crippen LogP contribution < -0.4 is 0 Å². The van der Waals surface area contributed by atoms with Gasteiger partial charge in [-0.2, -0.15) is 0 Å². The third kappa shape index (κ3) is 2.24. The summed E-state index contributed by atoms with van der Waals surface area (Å²) in [6, 6.07) is -1.28. The van der Waals surface area contributed by atoms with Gasteiger partial charge in [0.05, 0.1) is 14.2 Å². The van der Waals surface area contributed by atoms with Crippen LogP contribution in [0.1, 0.15) is 12.8 Å². The fraction of sp³-hybridized carbons (Fsp3) is 0.692. The van der Waals surface area contributed by atoms with Crippen LogP contribution in [0.15, 0.2) is 9.98 Å². The third-order valence-corrected chi connectivity index (χ3v) is 3.82. The van der Waals surface area contributed by atoms with Crippen molar-refractivity contribution in [3.8, 4) is 0 Å². The molecule has 0 bridgehead atoms. The van der Waals surface area contributed by atoms with E-state index in [4.69, 9.17) is 9.47 Å². The van der Waals surface area contributed by atoms with Crippen molar-refractivity contribution >= 4 is 23.7 Å². The van der Waals surface area contributed by atoms with Gasteiger partial charge < -0.3 is 18.9 Å². The Morgan fingerprint density at radius 1 is 1.00 bits per heavy atom. The minimum Gasteiger partial charge on any atom is -0.477 e. The summed E-state index contributed by atoms with van der Waals surface area (Å²) in [5.74, 6) is 0.0364. The molecule has 0 amide bonds. The summed E-state index contributed by atoms with van der Waals surface area (Å²) in [4.78, 5) is 31.5. The second-order valence-electron chi connectivity index (χ2n) is 5.15. The first-order chi connectivity index (χ1) is 10.1. The average Bonchev–Trinajstić information content (AvgIpc) is 2.97. The molecule has 0 aromatic heterocycles. The van der Waals surface area contributed by atoms with Gasteiger partial charge >= 0.3 is 11.9 Å². The van der Waals surface area contributed by atoms with Gasteiger partial charge in [-0.1, -0.05) is 0 Å². The first-order valence-electron chi connectivity index (χ1n) is 6.68. The van der Waals surface area contributed by atoms with Gasteiger partial charge in [-0.25, -0.2) is 19.6 Å². The summed E-state index contributed by atoms with van der Waals surface area (Å²) >= 11 is 0. The molecule has 8 nitrogen and oxygen atoms in total. The van der Waals surface area contributed by atoms with Crippen molar-refractivity contribution in [2.75, 3.05) is 27.4 Å². The lowest BCUT2D eigenvalue weighted by Crippen LogP contribution is -2.26. The number of ether oxygens (including phenoxy) is 4. The van der Waals surface area contributed by atoms with Gasteiger partial charge in [-0.15, -0.1) is 0 Å². The molecule has 1 aliphatic carbocycles. The quantitative estimate of drug-likeness (QED) is 0.661. The van der Waals surface area contributed by atoms with E-state index in [-0.39, 0.29) is 13.2 Å². The zero-order valence-corrected chi connectivity index (χ0v) is 11.8. The zero-order chi connectivity index (χ0) is 15.0. The highest BCUT2D eigenvalue weighted by Gasteiger charge is 2.59. The number of nitrogens with zero attached hydrogens (tertiary/aromatic N) is 2. The molecular weight excluding hydrogens is 280 g/mol. The molecule has 3 rings (SSSR count). The van der Waals surface area contributed by atoms with Gasteiger partial charge in [0.1, 0.15) is 18.6 Å². The van der Waals surface area contributed by atoms with E-state index in [2.05, 4.69) is 19.5 Å². The van der Waals surface area contributed by atoms with E-state index in [0.29, 0.717) is 11.8 Å². The first kappa shape index (κ1) is 13.8. The van der Waals surface area contributed by atoms with Gasteiger partial charge in [0.25, 0.3) is 0 Å². The Morgan fingerprint density at radius 3 is 1.76 bits per heavy atom. The Labute approximate surface area is 121 Å². The summed E-state index contributed by atoms with van der Waals surface area (Å²) in [5.41, 5.74) is -0.522. The maximum Gasteiger partial charge on any atom is 0.334 e. The largest absolute Gasteiger partial charge is 0.477 e. The summed E-state index contributed by atoms with van der Waals surface area (Å²) in [6.07, 6.45) is 1.54. The number of methoxy groups -OCH3 is 2. The Balaban J connectivity index is 1.77. The van der Waals surface area contributed by atoms with Crippen molar-refractivity contribution in [1.29, 1.82) is 0 Å². The van der Waals surface area contributed by atoms with Crippen LogP contribution in [0.3, 0.4) is 0 Å². The lowest BCUT2D eigenvalue weighted by atomic mass is 10.1. The van der Waals surface area contributed by atoms with Gasteiger partial charge in [0.2, 0.25) is 0 Å². The molecule has 3 aliphatic rings. The normalized spacial score (nSPS) is 28.9. The lowest BCUT2D eigenvalue weighted by Gasteiger charge is -2.13. The number of esters is 2. The molecule has 2 atom stereocenters. The molecule has 0 N–H and O–H groups in total. The van der Waals surface area contributed by atoms with E-state index in [1.54, 1.807) is 0 Å². The minimum absolute atomic E-state index is 0.164. The molecule has 2 heterocycles. The number of rotatable bonds is 4. The van der Waals surface area contributed by atoms with Crippen LogP contribution in [0, 0.1) is 5.41 Å². The number of hydrogen-bond donors (Lipinski definition) is 0. The summed E-state index contributed by atoms with van der Waals surface area (Å²) < 4.78 is 20.4. The Bertz CT molecular complexity index is 493. The first-order valence-corrected chi connectivity index (χ1v) is 6.68. The van der Waals surface area contributed by atoms with Crippen molar-refractivity contribution < 1.29 is 28.5 Å². The molecule has 114 valence electrons. The smallest absolute Gasteiger partial charge is 0.334 e. The monoisotopic (exact) mass is 296 g/mol. The molecule has 0 radical (unpaired) electrons. The Morgan fingerprint density at radius 2 is 1.43 bits per heavy atom. The van der Waals surface area contributed by atoms with Gasteiger partial charge in [-0.05, 0) is 12.8 Å². The molecular formula is C13H16N2O6. The van der Waals surface area contributed by atoms with Crippen LogP contribution in [0.5, 0.6) is 0 Å². The van der Waals surface area contributed by atoms with E-state index >= 15 is 0 Å². The predicted octanol–water partition coefficient (Wildman–Crippen LogP) is -0.293. The second-order valence-corrected chi connectivity index (χ2v) is 5.15. The van der Waals surface area contributed by atoms with Gasteiger partial charge in [0, 0.05) is 0 Å². The molecule has 0 aromatic carbocycles. The highest BCUT2D eigenvalue weighted by atomic mass is 16.5. The topological polar surface area (TPSA) is 95.8 Å². The maximum absolute atomic E-state index is 11.5. The van der Waals surface area contributed by atoms with E-state index < -0.39 is 29.4 Å². The van der Waals surface area contributed by atoms with Crippen LogP contribution >= 0.6 is 0 Å². The van der Waals surface area contributed by atoms with Crippen molar-refractivity contribution in [1.82, 2.24) is 0 Å². The summed E-state index contributed by atoms with van der Waals surface area (Å²) in [7, 11) is 2.63. The molecule has 0 unspecified atom stereocenters. The second kappa shape index (κ2) is 5.01. The molecule has 2 aliphatic heterocycles. The SMILES string of the molecule is COC(=O)[C@H]1COC(C2(C3=N[C@@H](C(=O)OC)CO3)CC2)=N1. The van der Waals surface area contributed by atoms with Crippen molar-refractivity contribution in [3.05, 3.63) is 0 Å². The Kier molecular flexibility index (Phi) is 3.30. The predicted molar refractivity (Wildman–Crippen MR) is 70.0 cm³/mol. The van der Waals surface area contributed by atoms with Crippen molar-refractivity contribution in [2.24, 2.45) is 15.4 Å². The van der Waals surface area contributed by atoms with E-state index in [1.807, 2.05) is 0 Å². The van der Waals surface area contributed by atoms with E-state index in [9.17, 15) is 9.59 Å². The van der Waals surface area contributed by atoms with Crippen molar-refractivity contribution in [3.63, 3.8) is 0 Å². The van der Waals surface area contributed by atoms with Crippen LogP contribution in [-0.2, 0) is 28.5 Å². The fourth-order valence-corrected chi connectivity index (χ4v) is 2.43. The fourth-order valence-electron chi connectivity index (χ4n) is 2.43. The van der Waals surface area contributed by atoms with Gasteiger partial charge in [0.15, 0.2) is 23.9 Å². The third-order valence-electron chi connectivity index (χ3n) is 3.82. The number of carbonyl (C=O) groups excluding carboxylic acids is 2. The highest BCUT2D eigenvalue weighted by molar-refractivity contribution is 6.10. The average molecular weight is 296 g/mol. The molecule has 1 saturated carbocycles. The summed E-state index contributed by atoms with van der Waals surface area (Å²) in [5, 5.41) is 0. The Hall–Kier alpha value is -2.12. The van der Waals surface area contributed by atoms with Crippen LogP contribution in [-0.4, -0.2) is 63.3 Å². The number of aliphatic imine (C=N–C) groups is 2. The molecule has 0 spiro atoms. The standard InChI is InChI=1S/C13H16N2O6/c1-18-9(16)7-5-20-11(14-7)13(3-4-13)12-15-8(6-21-12)10(17)19-2/h7-8H,3-6H2,1-2H3/t7-,8-/m1/s1. The summed E-state index contributed by atoms with van der Waals surface area (Å²) in [6.45, 7) is 0.328. The minimum atomic E-state index is -0.638. The lowest BCUT2D eigenvalue weighted by molar-refractivity contribution is -0.143. The van der Waals surface area contributed by atoms with E-state index in [0.717, 1.165) is 12.8 Å². The molecule has 0 aromatic rings. The molecule has 1 fully saturated rings. The van der Waals surface area contributed by atoms with Crippen molar-refractivity contribution in [2.45, 2.75) is 24.9 Å².